The van der Waals surface area contributed by atoms with Gasteiger partial charge in [0.1, 0.15) is 34.3 Å². The number of piperidine rings is 1. The number of amides is 1. The molecule has 194 valence electrons. The van der Waals surface area contributed by atoms with E-state index in [9.17, 15) is 14.9 Å². The Kier molecular flexibility index (Phi) is 9.51. The number of hydrogen-bond acceptors (Lipinski definition) is 8. The van der Waals surface area contributed by atoms with Gasteiger partial charge in [0.2, 0.25) is 11.6 Å². The van der Waals surface area contributed by atoms with E-state index in [-0.39, 0.29) is 17.6 Å². The van der Waals surface area contributed by atoms with E-state index >= 15 is 0 Å². The Morgan fingerprint density at radius 2 is 1.95 bits per heavy atom. The lowest BCUT2D eigenvalue weighted by Crippen LogP contribution is -2.43. The van der Waals surface area contributed by atoms with Crippen LogP contribution in [-0.2, 0) is 20.7 Å². The minimum Gasteiger partial charge on any atom is -0.461 e. The van der Waals surface area contributed by atoms with E-state index in [0.717, 1.165) is 11.8 Å². The number of nitriles is 1. The first kappa shape index (κ1) is 28.0. The van der Waals surface area contributed by atoms with Gasteiger partial charge in [0, 0.05) is 25.9 Å². The number of pyridine rings is 1. The van der Waals surface area contributed by atoms with Crippen molar-refractivity contribution in [2.45, 2.75) is 62.5 Å². The van der Waals surface area contributed by atoms with Crippen LogP contribution >= 0.6 is 11.8 Å². The first-order valence-corrected chi connectivity index (χ1v) is 13.2. The fraction of sp³-hybridized carbons (Fsp3) is 0.444. The number of aromatic nitrogens is 1. The third-order valence-corrected chi connectivity index (χ3v) is 7.66. The van der Waals surface area contributed by atoms with Gasteiger partial charge in [0.05, 0.1) is 12.1 Å². The summed E-state index contributed by atoms with van der Waals surface area (Å²) in [5, 5.41) is 9.60. The van der Waals surface area contributed by atoms with Crippen molar-refractivity contribution in [2.75, 3.05) is 18.0 Å². The molecule has 4 N–H and O–H groups in total. The molecule has 1 amide bonds. The van der Waals surface area contributed by atoms with E-state index in [4.69, 9.17) is 27.8 Å². The van der Waals surface area contributed by atoms with E-state index < -0.39 is 23.2 Å². The van der Waals surface area contributed by atoms with Crippen molar-refractivity contribution < 1.29 is 14.3 Å². The summed E-state index contributed by atoms with van der Waals surface area (Å²) < 4.78 is 5.62. The van der Waals surface area contributed by atoms with Gasteiger partial charge in [0.15, 0.2) is 0 Å². The van der Waals surface area contributed by atoms with Gasteiger partial charge in [0.25, 0.3) is 0 Å². The van der Waals surface area contributed by atoms with E-state index in [2.05, 4.69) is 10.9 Å². The van der Waals surface area contributed by atoms with E-state index in [1.807, 2.05) is 43.9 Å². The number of anilines is 1. The Morgan fingerprint density at radius 1 is 1.30 bits per heavy atom. The maximum Gasteiger partial charge on any atom is 0.323 e. The summed E-state index contributed by atoms with van der Waals surface area (Å²) in [5.41, 5.74) is 13.6. The van der Waals surface area contributed by atoms with Gasteiger partial charge < -0.3 is 21.1 Å². The summed E-state index contributed by atoms with van der Waals surface area (Å²) in [4.78, 5) is 35.1. The number of ether oxygens (including phenoxy) is 1. The number of carbonyl (C=O) groups is 2. The van der Waals surface area contributed by atoms with Crippen molar-refractivity contribution in [2.24, 2.45) is 17.4 Å². The van der Waals surface area contributed by atoms with Crippen molar-refractivity contribution in [1.82, 2.24) is 4.98 Å². The van der Waals surface area contributed by atoms with Crippen molar-refractivity contribution in [3.8, 4) is 6.07 Å². The fourth-order valence-corrected chi connectivity index (χ4v) is 5.26. The van der Waals surface area contributed by atoms with Crippen LogP contribution in [0.25, 0.3) is 4.85 Å². The van der Waals surface area contributed by atoms with Gasteiger partial charge in [-0.2, -0.15) is 5.26 Å². The third kappa shape index (κ3) is 6.40. The Hall–Kier alpha value is -3.60. The Labute approximate surface area is 222 Å². The van der Waals surface area contributed by atoms with Crippen molar-refractivity contribution in [3.63, 3.8) is 0 Å². The highest BCUT2D eigenvalue weighted by molar-refractivity contribution is 8.00. The molecule has 0 bridgehead atoms. The molecule has 1 aliphatic heterocycles. The first-order valence-electron chi connectivity index (χ1n) is 12.3. The molecule has 1 aromatic carbocycles. The molecular weight excluding hydrogens is 488 g/mol. The SMILES string of the molecule is [C-]#[N+]c1c(N2CCC(OC(=O)[C@@H](N)C(C)C)CC2)nc(SC(C(N)=O)c2ccccc2)c(C#N)c1CC. The van der Waals surface area contributed by atoms with E-state index in [1.54, 1.807) is 12.1 Å². The van der Waals surface area contributed by atoms with Crippen molar-refractivity contribution >= 4 is 35.1 Å². The van der Waals surface area contributed by atoms with Gasteiger partial charge >= 0.3 is 5.97 Å². The minimum atomic E-state index is -0.743. The Bertz CT molecular complexity index is 1210. The average molecular weight is 521 g/mol. The monoisotopic (exact) mass is 520 g/mol. The second-order valence-corrected chi connectivity index (χ2v) is 10.3. The van der Waals surface area contributed by atoms with Crippen LogP contribution < -0.4 is 16.4 Å². The number of nitrogens with two attached hydrogens (primary N) is 2. The summed E-state index contributed by atoms with van der Waals surface area (Å²) in [5.74, 6) is -0.497. The highest BCUT2D eigenvalue weighted by Gasteiger charge is 2.31. The van der Waals surface area contributed by atoms with Crippen LogP contribution in [0.1, 0.15) is 55.6 Å². The number of thioether (sulfide) groups is 1. The maximum absolute atomic E-state index is 12.4. The molecule has 0 aliphatic carbocycles. The molecule has 2 aromatic rings. The Morgan fingerprint density at radius 3 is 2.46 bits per heavy atom. The number of benzene rings is 1. The van der Waals surface area contributed by atoms with Crippen LogP contribution in [0.4, 0.5) is 11.5 Å². The number of carbonyl (C=O) groups excluding carboxylic acids is 2. The van der Waals surface area contributed by atoms with Gasteiger partial charge in [-0.15, -0.1) is 0 Å². The highest BCUT2D eigenvalue weighted by atomic mass is 32.2. The van der Waals surface area contributed by atoms with Gasteiger partial charge in [-0.25, -0.2) is 9.83 Å². The molecular formula is C27H32N6O3S. The zero-order valence-corrected chi connectivity index (χ0v) is 22.1. The van der Waals surface area contributed by atoms with E-state index in [0.29, 0.717) is 60.0 Å². The number of esters is 1. The van der Waals surface area contributed by atoms with Crippen LogP contribution in [0.3, 0.4) is 0 Å². The second kappa shape index (κ2) is 12.6. The predicted octanol–water partition coefficient (Wildman–Crippen LogP) is 3.88. The minimum absolute atomic E-state index is 0.0137. The summed E-state index contributed by atoms with van der Waals surface area (Å²) in [7, 11) is 0. The largest absolute Gasteiger partial charge is 0.461 e. The van der Waals surface area contributed by atoms with E-state index in [1.165, 1.54) is 0 Å². The highest BCUT2D eigenvalue weighted by Crippen LogP contribution is 2.43. The zero-order valence-electron chi connectivity index (χ0n) is 21.3. The molecule has 1 aromatic heterocycles. The maximum atomic E-state index is 12.4. The van der Waals surface area contributed by atoms with Crippen LogP contribution in [0.15, 0.2) is 35.4 Å². The molecule has 0 spiro atoms. The van der Waals surface area contributed by atoms with Crippen LogP contribution in [0.2, 0.25) is 0 Å². The van der Waals surface area contributed by atoms with Gasteiger partial charge in [-0.05, 0) is 23.5 Å². The first-order chi connectivity index (χ1) is 17.7. The molecule has 10 heteroatoms. The number of nitrogens with zero attached hydrogens (tertiary/aromatic N) is 4. The smallest absolute Gasteiger partial charge is 0.323 e. The fourth-order valence-electron chi connectivity index (χ4n) is 4.20. The lowest BCUT2D eigenvalue weighted by Gasteiger charge is -2.34. The molecule has 1 saturated heterocycles. The molecule has 2 atom stereocenters. The zero-order chi connectivity index (χ0) is 27.1. The lowest BCUT2D eigenvalue weighted by atomic mass is 10.0. The average Bonchev–Trinajstić information content (AvgIpc) is 2.90. The van der Waals surface area contributed by atoms with Gasteiger partial charge in [-0.3, -0.25) is 9.59 Å². The van der Waals surface area contributed by atoms with Crippen LogP contribution in [0.5, 0.6) is 0 Å². The molecule has 1 aliphatic rings. The molecule has 1 fully saturated rings. The molecule has 0 saturated carbocycles. The summed E-state index contributed by atoms with van der Waals surface area (Å²) in [6.45, 7) is 14.5. The standard InChI is InChI=1S/C27H32N6O3S/c1-5-19-20(15-28)26(37-23(24(30)34)17-9-7-6-8-10-17)32-25(22(19)31-4)33-13-11-18(12-14-33)36-27(35)21(29)16(2)3/h6-10,16,18,21,23H,5,11-14,29H2,1-3H3,(H2,30,34)/t21-,23?/m0/s1. The molecule has 37 heavy (non-hydrogen) atoms. The number of primary amides is 1. The second-order valence-electron chi connectivity index (χ2n) is 9.22. The van der Waals surface area contributed by atoms with Crippen LogP contribution in [-0.4, -0.2) is 42.1 Å². The topological polar surface area (TPSA) is 140 Å². The molecule has 1 unspecified atom stereocenters. The van der Waals surface area contributed by atoms with Crippen molar-refractivity contribution in [3.05, 3.63) is 58.4 Å². The molecule has 2 heterocycles. The lowest BCUT2D eigenvalue weighted by molar-refractivity contribution is -0.152. The summed E-state index contributed by atoms with van der Waals surface area (Å²) in [6.07, 6.45) is 1.32. The summed E-state index contributed by atoms with van der Waals surface area (Å²) >= 11 is 1.12. The molecule has 0 radical (unpaired) electrons. The number of rotatable bonds is 9. The summed E-state index contributed by atoms with van der Waals surface area (Å²) in [6, 6.07) is 10.6. The number of hydrogen-bond donors (Lipinski definition) is 2. The van der Waals surface area contributed by atoms with Gasteiger partial charge in [-0.1, -0.05) is 62.9 Å². The molecule has 3 rings (SSSR count). The third-order valence-electron chi connectivity index (χ3n) is 6.40. The predicted molar refractivity (Wildman–Crippen MR) is 143 cm³/mol. The molecule has 9 nitrogen and oxygen atoms in total. The normalized spacial score (nSPS) is 15.5. The quantitative estimate of drug-likeness (QED) is 0.288. The van der Waals surface area contributed by atoms with Crippen molar-refractivity contribution in [1.29, 1.82) is 5.26 Å². The van der Waals surface area contributed by atoms with Crippen LogP contribution in [0, 0.1) is 23.8 Å². The Balaban J connectivity index is 1.92.